The van der Waals surface area contributed by atoms with Crippen molar-refractivity contribution in [3.63, 3.8) is 0 Å². The molecule has 0 unspecified atom stereocenters. The summed E-state index contributed by atoms with van der Waals surface area (Å²) in [6.45, 7) is 5.55. The van der Waals surface area contributed by atoms with Gasteiger partial charge in [-0.15, -0.1) is 11.3 Å². The van der Waals surface area contributed by atoms with Gasteiger partial charge in [-0.3, -0.25) is 9.71 Å². The van der Waals surface area contributed by atoms with Crippen LogP contribution < -0.4 is 10.0 Å². The van der Waals surface area contributed by atoms with Gasteiger partial charge in [-0.05, 0) is 43.7 Å². The second-order valence-corrected chi connectivity index (χ2v) is 7.77. The normalized spacial score (nSPS) is 11.5. The molecule has 0 aromatic carbocycles. The lowest BCUT2D eigenvalue weighted by atomic mass is 10.3. The van der Waals surface area contributed by atoms with Gasteiger partial charge in [0.2, 0.25) is 0 Å². The monoisotopic (exact) mass is 325 g/mol. The Kier molecular flexibility index (Phi) is 5.33. The van der Waals surface area contributed by atoms with Crippen molar-refractivity contribution >= 4 is 27.0 Å². The van der Waals surface area contributed by atoms with Crippen LogP contribution in [-0.4, -0.2) is 19.9 Å². The molecule has 2 aromatic rings. The number of sulfonamides is 1. The molecule has 0 atom stereocenters. The zero-order valence-electron chi connectivity index (χ0n) is 12.1. The molecule has 0 bridgehead atoms. The molecule has 0 aliphatic heterocycles. The minimum absolute atomic E-state index is 0.319. The van der Waals surface area contributed by atoms with E-state index in [1.807, 2.05) is 13.0 Å². The number of nitrogens with one attached hydrogen (secondary N) is 2. The second kappa shape index (κ2) is 7.02. The third-order valence-electron chi connectivity index (χ3n) is 2.91. The number of aromatic nitrogens is 1. The van der Waals surface area contributed by atoms with Gasteiger partial charge in [-0.25, -0.2) is 8.42 Å². The highest BCUT2D eigenvalue weighted by atomic mass is 32.2. The minimum atomic E-state index is -3.54. The molecule has 2 heterocycles. The molecule has 0 saturated heterocycles. The molecular formula is C14H19N3O2S2. The lowest BCUT2D eigenvalue weighted by Crippen LogP contribution is -2.13. The molecule has 0 radical (unpaired) electrons. The number of rotatable bonds is 7. The van der Waals surface area contributed by atoms with Crippen LogP contribution >= 0.6 is 11.3 Å². The summed E-state index contributed by atoms with van der Waals surface area (Å²) in [4.78, 5) is 4.95. The predicted molar refractivity (Wildman–Crippen MR) is 86.1 cm³/mol. The molecule has 114 valence electrons. The third kappa shape index (κ3) is 4.26. The number of pyridine rings is 1. The number of hydrogen-bond donors (Lipinski definition) is 2. The van der Waals surface area contributed by atoms with Gasteiger partial charge in [0.25, 0.3) is 10.0 Å². The second-order valence-electron chi connectivity index (χ2n) is 4.69. The van der Waals surface area contributed by atoms with E-state index < -0.39 is 10.0 Å². The SMILES string of the molecule is CCCNCc1ccc(S(=O)(=O)Nc2cnccc2C)s1. The van der Waals surface area contributed by atoms with Crippen molar-refractivity contribution in [1.82, 2.24) is 10.3 Å². The molecule has 0 spiro atoms. The molecule has 0 saturated carbocycles. The van der Waals surface area contributed by atoms with Crippen LogP contribution in [0.5, 0.6) is 0 Å². The Bertz CT molecular complexity index is 696. The topological polar surface area (TPSA) is 71.1 Å². The van der Waals surface area contributed by atoms with Crippen LogP contribution in [0, 0.1) is 6.92 Å². The zero-order valence-corrected chi connectivity index (χ0v) is 13.7. The van der Waals surface area contributed by atoms with Gasteiger partial charge in [0.05, 0.1) is 11.9 Å². The Labute approximate surface area is 129 Å². The Hall–Kier alpha value is -1.44. The highest BCUT2D eigenvalue weighted by Crippen LogP contribution is 2.24. The number of nitrogens with zero attached hydrogens (tertiary/aromatic N) is 1. The van der Waals surface area contributed by atoms with Crippen LogP contribution in [0.1, 0.15) is 23.8 Å². The van der Waals surface area contributed by atoms with Gasteiger partial charge < -0.3 is 5.32 Å². The molecule has 0 amide bonds. The van der Waals surface area contributed by atoms with Crippen LogP contribution in [0.15, 0.2) is 34.8 Å². The highest BCUT2D eigenvalue weighted by Gasteiger charge is 2.17. The summed E-state index contributed by atoms with van der Waals surface area (Å²) in [5.74, 6) is 0. The summed E-state index contributed by atoms with van der Waals surface area (Å²) in [5.41, 5.74) is 1.35. The fourth-order valence-corrected chi connectivity index (χ4v) is 4.19. The average molecular weight is 325 g/mol. The third-order valence-corrected chi connectivity index (χ3v) is 5.85. The molecule has 2 N–H and O–H groups in total. The van der Waals surface area contributed by atoms with E-state index in [1.54, 1.807) is 18.3 Å². The van der Waals surface area contributed by atoms with E-state index in [0.717, 1.165) is 23.4 Å². The van der Waals surface area contributed by atoms with Gasteiger partial charge in [0.1, 0.15) is 4.21 Å². The molecule has 0 fully saturated rings. The van der Waals surface area contributed by atoms with Crippen LogP contribution in [-0.2, 0) is 16.6 Å². The van der Waals surface area contributed by atoms with Crippen LogP contribution in [0.2, 0.25) is 0 Å². The van der Waals surface area contributed by atoms with Gasteiger partial charge >= 0.3 is 0 Å². The zero-order chi connectivity index (χ0) is 15.3. The van der Waals surface area contributed by atoms with Crippen molar-refractivity contribution in [3.8, 4) is 0 Å². The van der Waals surface area contributed by atoms with Crippen molar-refractivity contribution in [2.75, 3.05) is 11.3 Å². The Morgan fingerprint density at radius 3 is 2.81 bits per heavy atom. The van der Waals surface area contributed by atoms with Gasteiger partial charge in [-0.1, -0.05) is 6.92 Å². The fourth-order valence-electron chi connectivity index (χ4n) is 1.75. The van der Waals surface area contributed by atoms with Crippen molar-refractivity contribution < 1.29 is 8.42 Å². The van der Waals surface area contributed by atoms with Gasteiger partial charge in [0, 0.05) is 17.6 Å². The maximum Gasteiger partial charge on any atom is 0.271 e. The average Bonchev–Trinajstić information content (AvgIpc) is 2.91. The van der Waals surface area contributed by atoms with Crippen molar-refractivity contribution in [1.29, 1.82) is 0 Å². The summed E-state index contributed by atoms with van der Waals surface area (Å²) in [5, 5.41) is 3.26. The Morgan fingerprint density at radius 2 is 2.10 bits per heavy atom. The van der Waals surface area contributed by atoms with Crippen molar-refractivity contribution in [2.45, 2.75) is 31.0 Å². The molecule has 2 aromatic heterocycles. The lowest BCUT2D eigenvalue weighted by molar-refractivity contribution is 0.603. The van der Waals surface area contributed by atoms with Gasteiger partial charge in [0.15, 0.2) is 0 Å². The standard InChI is InChI=1S/C14H19N3O2S2/c1-3-7-15-9-12-4-5-14(20-12)21(18,19)17-13-10-16-8-6-11(13)2/h4-6,8,10,15,17H,3,7,9H2,1-2H3. The summed E-state index contributed by atoms with van der Waals surface area (Å²) in [7, 11) is -3.54. The molecule has 2 rings (SSSR count). The minimum Gasteiger partial charge on any atom is -0.312 e. The molecule has 0 aliphatic carbocycles. The largest absolute Gasteiger partial charge is 0.312 e. The molecule has 5 nitrogen and oxygen atoms in total. The highest BCUT2D eigenvalue weighted by molar-refractivity contribution is 7.94. The molecular weight excluding hydrogens is 306 g/mol. The summed E-state index contributed by atoms with van der Waals surface area (Å²) in [6.07, 6.45) is 4.21. The molecule has 21 heavy (non-hydrogen) atoms. The summed E-state index contributed by atoms with van der Waals surface area (Å²) >= 11 is 1.28. The van der Waals surface area contributed by atoms with Crippen molar-refractivity contribution in [2.24, 2.45) is 0 Å². The predicted octanol–water partition coefficient (Wildman–Crippen LogP) is 2.75. The van der Waals surface area contributed by atoms with E-state index in [0.29, 0.717) is 16.4 Å². The fraction of sp³-hybridized carbons (Fsp3) is 0.357. The first-order valence-electron chi connectivity index (χ1n) is 6.76. The first kappa shape index (κ1) is 15.9. The van der Waals surface area contributed by atoms with Crippen molar-refractivity contribution in [3.05, 3.63) is 41.0 Å². The maximum absolute atomic E-state index is 12.3. The lowest BCUT2D eigenvalue weighted by Gasteiger charge is -2.08. The molecule has 7 heteroatoms. The van der Waals surface area contributed by atoms with E-state index in [1.165, 1.54) is 17.5 Å². The quantitative estimate of drug-likeness (QED) is 0.768. The van der Waals surface area contributed by atoms with Gasteiger partial charge in [-0.2, -0.15) is 0 Å². The van der Waals surface area contributed by atoms with E-state index in [4.69, 9.17) is 0 Å². The summed E-state index contributed by atoms with van der Waals surface area (Å²) in [6, 6.07) is 5.26. The smallest absolute Gasteiger partial charge is 0.271 e. The number of hydrogen-bond acceptors (Lipinski definition) is 5. The first-order chi connectivity index (χ1) is 10.0. The van der Waals surface area contributed by atoms with E-state index >= 15 is 0 Å². The van der Waals surface area contributed by atoms with Crippen LogP contribution in [0.25, 0.3) is 0 Å². The Morgan fingerprint density at radius 1 is 1.29 bits per heavy atom. The first-order valence-corrected chi connectivity index (χ1v) is 9.06. The number of aryl methyl sites for hydroxylation is 1. The summed E-state index contributed by atoms with van der Waals surface area (Å²) < 4.78 is 27.6. The van der Waals surface area contributed by atoms with E-state index in [-0.39, 0.29) is 0 Å². The van der Waals surface area contributed by atoms with E-state index in [2.05, 4.69) is 21.9 Å². The van der Waals surface area contributed by atoms with E-state index in [9.17, 15) is 8.42 Å². The molecule has 0 aliphatic rings. The Balaban J connectivity index is 2.11. The maximum atomic E-state index is 12.3. The number of thiophene rings is 1. The number of anilines is 1. The van der Waals surface area contributed by atoms with Crippen LogP contribution in [0.3, 0.4) is 0 Å². The van der Waals surface area contributed by atoms with Crippen LogP contribution in [0.4, 0.5) is 5.69 Å².